The molecule has 0 radical (unpaired) electrons. The number of aromatic nitrogens is 1. The molecular formula is C16H16N4O4S. The molecule has 9 heteroatoms. The summed E-state index contributed by atoms with van der Waals surface area (Å²) in [7, 11) is 0. The van der Waals surface area contributed by atoms with E-state index in [0.717, 1.165) is 0 Å². The first-order chi connectivity index (χ1) is 11.9. The van der Waals surface area contributed by atoms with Crippen LogP contribution in [0.2, 0.25) is 0 Å². The summed E-state index contributed by atoms with van der Waals surface area (Å²) in [6.07, 6.45) is -0.649. The minimum absolute atomic E-state index is 0.0131. The van der Waals surface area contributed by atoms with E-state index >= 15 is 0 Å². The van der Waals surface area contributed by atoms with Crippen LogP contribution in [0.15, 0.2) is 29.6 Å². The van der Waals surface area contributed by atoms with Crippen molar-refractivity contribution in [1.82, 2.24) is 4.98 Å². The topological polar surface area (TPSA) is 115 Å². The van der Waals surface area contributed by atoms with Crippen LogP contribution in [-0.2, 0) is 20.8 Å². The van der Waals surface area contributed by atoms with Crippen molar-refractivity contribution in [3.05, 3.63) is 35.3 Å². The summed E-state index contributed by atoms with van der Waals surface area (Å²) >= 11 is 1.19. The average Bonchev–Trinajstić information content (AvgIpc) is 2.97. The van der Waals surface area contributed by atoms with Gasteiger partial charge in [-0.1, -0.05) is 12.1 Å². The number of primary amides is 1. The van der Waals surface area contributed by atoms with Gasteiger partial charge >= 0.3 is 0 Å². The number of nitrogens with zero attached hydrogens (tertiary/aromatic N) is 2. The summed E-state index contributed by atoms with van der Waals surface area (Å²) in [6, 6.07) is 7.05. The zero-order valence-electron chi connectivity index (χ0n) is 13.4. The van der Waals surface area contributed by atoms with Crippen LogP contribution >= 0.6 is 11.3 Å². The molecule has 2 aromatic rings. The Labute approximate surface area is 147 Å². The molecule has 2 heterocycles. The molecule has 8 nitrogen and oxygen atoms in total. The number of hydrogen-bond donors (Lipinski definition) is 2. The van der Waals surface area contributed by atoms with E-state index in [1.807, 2.05) is 0 Å². The van der Waals surface area contributed by atoms with Gasteiger partial charge in [-0.3, -0.25) is 19.3 Å². The van der Waals surface area contributed by atoms with Crippen molar-refractivity contribution in [3.8, 4) is 5.75 Å². The summed E-state index contributed by atoms with van der Waals surface area (Å²) in [6.45, 7) is 1.48. The van der Waals surface area contributed by atoms with Gasteiger partial charge in [-0.15, -0.1) is 11.3 Å². The smallest absolute Gasteiger partial charge is 0.268 e. The first-order valence-electron chi connectivity index (χ1n) is 7.53. The number of amides is 3. The fourth-order valence-electron chi connectivity index (χ4n) is 2.45. The Bertz CT molecular complexity index is 835. The Kier molecular flexibility index (Phi) is 4.66. The van der Waals surface area contributed by atoms with Crippen molar-refractivity contribution in [1.29, 1.82) is 0 Å². The lowest BCUT2D eigenvalue weighted by Gasteiger charge is -2.32. The maximum absolute atomic E-state index is 12.4. The summed E-state index contributed by atoms with van der Waals surface area (Å²) in [4.78, 5) is 41.1. The van der Waals surface area contributed by atoms with Crippen molar-refractivity contribution >= 4 is 39.9 Å². The fraction of sp³-hybridized carbons (Fsp3) is 0.250. The lowest BCUT2D eigenvalue weighted by Crippen LogP contribution is -2.47. The Balaban J connectivity index is 1.71. The van der Waals surface area contributed by atoms with E-state index in [1.165, 1.54) is 16.2 Å². The van der Waals surface area contributed by atoms with Crippen LogP contribution < -0.4 is 20.7 Å². The van der Waals surface area contributed by atoms with Crippen molar-refractivity contribution < 1.29 is 19.1 Å². The lowest BCUT2D eigenvalue weighted by atomic mass is 10.2. The fourth-order valence-corrected chi connectivity index (χ4v) is 3.17. The van der Waals surface area contributed by atoms with Gasteiger partial charge in [-0.05, 0) is 19.1 Å². The second kappa shape index (κ2) is 6.89. The van der Waals surface area contributed by atoms with Crippen LogP contribution in [0.25, 0.3) is 0 Å². The molecule has 0 bridgehead atoms. The number of carbonyl (C=O) groups excluding carboxylic acids is 3. The van der Waals surface area contributed by atoms with E-state index in [2.05, 4.69) is 10.3 Å². The highest BCUT2D eigenvalue weighted by Crippen LogP contribution is 2.33. The molecule has 1 unspecified atom stereocenters. The van der Waals surface area contributed by atoms with Gasteiger partial charge in [-0.25, -0.2) is 4.98 Å². The number of anilines is 2. The van der Waals surface area contributed by atoms with Gasteiger partial charge in [-0.2, -0.15) is 0 Å². The van der Waals surface area contributed by atoms with Crippen LogP contribution in [0.3, 0.4) is 0 Å². The van der Waals surface area contributed by atoms with Crippen LogP contribution in [0, 0.1) is 0 Å². The molecule has 1 atom stereocenters. The number of nitrogens with two attached hydrogens (primary N) is 1. The van der Waals surface area contributed by atoms with E-state index in [9.17, 15) is 14.4 Å². The highest BCUT2D eigenvalue weighted by molar-refractivity contribution is 7.13. The molecule has 1 aliphatic rings. The van der Waals surface area contributed by atoms with Gasteiger partial charge in [0.1, 0.15) is 12.3 Å². The number of rotatable bonds is 5. The van der Waals surface area contributed by atoms with Crippen molar-refractivity contribution in [2.75, 3.05) is 16.8 Å². The van der Waals surface area contributed by atoms with Crippen LogP contribution in [0.1, 0.15) is 12.6 Å². The maximum Gasteiger partial charge on any atom is 0.268 e. The average molecular weight is 360 g/mol. The van der Waals surface area contributed by atoms with E-state index in [0.29, 0.717) is 22.3 Å². The molecule has 3 rings (SSSR count). The number of para-hydroxylation sites is 2. The van der Waals surface area contributed by atoms with Crippen molar-refractivity contribution in [3.63, 3.8) is 0 Å². The van der Waals surface area contributed by atoms with E-state index in [-0.39, 0.29) is 18.9 Å². The molecule has 1 aliphatic heterocycles. The van der Waals surface area contributed by atoms with Gasteiger partial charge in [0.25, 0.3) is 5.91 Å². The van der Waals surface area contributed by atoms with Crippen molar-refractivity contribution in [2.45, 2.75) is 19.4 Å². The molecule has 0 saturated heterocycles. The van der Waals surface area contributed by atoms with Gasteiger partial charge < -0.3 is 15.8 Å². The molecule has 130 valence electrons. The molecule has 25 heavy (non-hydrogen) atoms. The zero-order valence-corrected chi connectivity index (χ0v) is 14.2. The quantitative estimate of drug-likeness (QED) is 0.823. The summed E-state index contributed by atoms with van der Waals surface area (Å²) in [5.74, 6) is -0.618. The number of ether oxygens (including phenoxy) is 1. The van der Waals surface area contributed by atoms with Crippen molar-refractivity contribution in [2.24, 2.45) is 5.73 Å². The van der Waals surface area contributed by atoms with E-state index in [1.54, 1.807) is 36.6 Å². The Morgan fingerprint density at radius 3 is 2.92 bits per heavy atom. The minimum atomic E-state index is -0.662. The molecule has 1 aromatic carbocycles. The van der Waals surface area contributed by atoms with Gasteiger partial charge in [0, 0.05) is 5.38 Å². The highest BCUT2D eigenvalue weighted by Gasteiger charge is 2.32. The minimum Gasteiger partial charge on any atom is -0.479 e. The first-order valence-corrected chi connectivity index (χ1v) is 8.41. The normalized spacial score (nSPS) is 16.1. The van der Waals surface area contributed by atoms with Gasteiger partial charge in [0.05, 0.1) is 17.8 Å². The number of thiazole rings is 1. The van der Waals surface area contributed by atoms with Crippen LogP contribution in [-0.4, -0.2) is 35.4 Å². The predicted molar refractivity (Wildman–Crippen MR) is 92.5 cm³/mol. The van der Waals surface area contributed by atoms with Gasteiger partial charge in [0.15, 0.2) is 11.2 Å². The third-order valence-electron chi connectivity index (χ3n) is 3.53. The zero-order chi connectivity index (χ0) is 18.0. The molecule has 3 N–H and O–H groups in total. The largest absolute Gasteiger partial charge is 0.479 e. The second-order valence-electron chi connectivity index (χ2n) is 5.49. The lowest BCUT2D eigenvalue weighted by molar-refractivity contribution is -0.127. The monoisotopic (exact) mass is 360 g/mol. The molecule has 0 saturated carbocycles. The molecule has 0 aliphatic carbocycles. The SMILES string of the molecule is CC1Oc2ccccc2N(CC(=O)Nc2nc(CC(N)=O)cs2)C1=O. The number of benzene rings is 1. The highest BCUT2D eigenvalue weighted by atomic mass is 32.1. The van der Waals surface area contributed by atoms with Crippen LogP contribution in [0.5, 0.6) is 5.75 Å². The molecule has 0 spiro atoms. The van der Waals surface area contributed by atoms with Gasteiger partial charge in [0.2, 0.25) is 11.8 Å². The Hall–Kier alpha value is -2.94. The Morgan fingerprint density at radius 2 is 2.16 bits per heavy atom. The maximum atomic E-state index is 12.4. The molecule has 3 amide bonds. The van der Waals surface area contributed by atoms with E-state index < -0.39 is 17.9 Å². The Morgan fingerprint density at radius 1 is 1.40 bits per heavy atom. The number of nitrogens with one attached hydrogen (secondary N) is 1. The summed E-state index contributed by atoms with van der Waals surface area (Å²) in [5, 5.41) is 4.63. The summed E-state index contributed by atoms with van der Waals surface area (Å²) < 4.78 is 5.54. The molecule has 1 aromatic heterocycles. The number of hydrogen-bond acceptors (Lipinski definition) is 6. The number of fused-ring (bicyclic) bond motifs is 1. The third-order valence-corrected chi connectivity index (χ3v) is 4.34. The summed E-state index contributed by atoms with van der Waals surface area (Å²) in [5.41, 5.74) is 6.16. The first kappa shape index (κ1) is 16.9. The molecule has 0 fully saturated rings. The van der Waals surface area contributed by atoms with E-state index in [4.69, 9.17) is 10.5 Å². The standard InChI is InChI=1S/C16H16N4O4S/c1-9-15(23)20(11-4-2-3-5-12(11)24-9)7-14(22)19-16-18-10(8-25-16)6-13(17)21/h2-5,8-9H,6-7H2,1H3,(H2,17,21)(H,18,19,22). The second-order valence-corrected chi connectivity index (χ2v) is 6.35. The predicted octanol–water partition coefficient (Wildman–Crippen LogP) is 0.923. The molecular weight excluding hydrogens is 344 g/mol. The number of carbonyl (C=O) groups is 3. The van der Waals surface area contributed by atoms with Crippen LogP contribution in [0.4, 0.5) is 10.8 Å². The third kappa shape index (κ3) is 3.77.